The lowest BCUT2D eigenvalue weighted by molar-refractivity contribution is -0.154. The number of hydrogen-bond acceptors (Lipinski definition) is 7. The molecular weight excluding hydrogens is 388 g/mol. The lowest BCUT2D eigenvalue weighted by atomic mass is 10.2. The molecule has 0 aromatic heterocycles. The number of ether oxygens (including phenoxy) is 2. The van der Waals surface area contributed by atoms with Crippen LogP contribution in [-0.2, 0) is 24.2 Å². The van der Waals surface area contributed by atoms with Crippen molar-refractivity contribution >= 4 is 27.6 Å². The molecule has 2 amide bonds. The third kappa shape index (κ3) is 6.52. The molecule has 1 saturated heterocycles. The molecule has 1 aliphatic heterocycles. The van der Waals surface area contributed by atoms with Crippen LogP contribution >= 0.6 is 0 Å². The van der Waals surface area contributed by atoms with Crippen molar-refractivity contribution in [2.45, 2.75) is 32.4 Å². The van der Waals surface area contributed by atoms with Crippen LogP contribution in [0.3, 0.4) is 0 Å². The van der Waals surface area contributed by atoms with E-state index in [2.05, 4.69) is 10.6 Å². The highest BCUT2D eigenvalue weighted by molar-refractivity contribution is 7.91. The van der Waals surface area contributed by atoms with Gasteiger partial charge in [-0.25, -0.2) is 8.42 Å². The van der Waals surface area contributed by atoms with Gasteiger partial charge in [-0.3, -0.25) is 14.4 Å². The summed E-state index contributed by atoms with van der Waals surface area (Å²) in [4.78, 5) is 35.9. The van der Waals surface area contributed by atoms with Crippen molar-refractivity contribution in [3.63, 3.8) is 0 Å². The lowest BCUT2D eigenvalue weighted by Gasteiger charge is -2.16. The van der Waals surface area contributed by atoms with E-state index >= 15 is 0 Å². The molecule has 28 heavy (non-hydrogen) atoms. The van der Waals surface area contributed by atoms with E-state index in [4.69, 9.17) is 9.47 Å². The molecule has 0 aliphatic carbocycles. The van der Waals surface area contributed by atoms with Crippen molar-refractivity contribution in [2.24, 2.45) is 0 Å². The molecule has 0 bridgehead atoms. The van der Waals surface area contributed by atoms with Crippen molar-refractivity contribution in [3.8, 4) is 5.75 Å². The van der Waals surface area contributed by atoms with Gasteiger partial charge in [0, 0.05) is 11.6 Å². The first-order valence-corrected chi connectivity index (χ1v) is 10.7. The summed E-state index contributed by atoms with van der Waals surface area (Å²) in [6.07, 6.45) is -0.759. The van der Waals surface area contributed by atoms with Gasteiger partial charge in [0.15, 0.2) is 15.9 Å². The van der Waals surface area contributed by atoms with E-state index in [9.17, 15) is 22.8 Å². The van der Waals surface area contributed by atoms with Gasteiger partial charge < -0.3 is 20.1 Å². The number of carbonyl (C=O) groups is 3. The predicted octanol–water partition coefficient (Wildman–Crippen LogP) is 0.0501. The van der Waals surface area contributed by atoms with Crippen LogP contribution < -0.4 is 15.4 Å². The van der Waals surface area contributed by atoms with Gasteiger partial charge in [-0.15, -0.1) is 0 Å². The SMILES string of the molecule is CCOc1ccc(C(=O)NCC(=O)O[C@@H](C)C(=O)N[C@H]2CCS(=O)(=O)C2)cc1. The maximum atomic E-state index is 12.0. The Balaban J connectivity index is 1.75. The Morgan fingerprint density at radius 3 is 2.46 bits per heavy atom. The van der Waals surface area contributed by atoms with Crippen LogP contribution in [0, 0.1) is 0 Å². The van der Waals surface area contributed by atoms with Crippen molar-refractivity contribution in [1.29, 1.82) is 0 Å². The molecule has 2 rings (SSSR count). The van der Waals surface area contributed by atoms with E-state index in [0.717, 1.165) is 0 Å². The molecule has 0 spiro atoms. The first kappa shape index (κ1) is 21.7. The van der Waals surface area contributed by atoms with Gasteiger partial charge in [0.1, 0.15) is 12.3 Å². The van der Waals surface area contributed by atoms with E-state index in [0.29, 0.717) is 24.3 Å². The minimum Gasteiger partial charge on any atom is -0.494 e. The number of carbonyl (C=O) groups excluding carboxylic acids is 3. The molecule has 0 saturated carbocycles. The van der Waals surface area contributed by atoms with E-state index in [1.807, 2.05) is 6.92 Å². The minimum atomic E-state index is -3.12. The number of nitrogens with one attached hydrogen (secondary N) is 2. The zero-order chi connectivity index (χ0) is 20.7. The maximum absolute atomic E-state index is 12.0. The Kier molecular flexibility index (Phi) is 7.38. The highest BCUT2D eigenvalue weighted by Gasteiger charge is 2.30. The quantitative estimate of drug-likeness (QED) is 0.578. The molecule has 10 heteroatoms. The van der Waals surface area contributed by atoms with Crippen LogP contribution in [0.4, 0.5) is 0 Å². The number of rotatable bonds is 8. The molecule has 1 aromatic rings. The number of sulfone groups is 1. The molecule has 0 radical (unpaired) electrons. The normalized spacial score (nSPS) is 18.7. The second kappa shape index (κ2) is 9.54. The van der Waals surface area contributed by atoms with E-state index < -0.39 is 46.3 Å². The van der Waals surface area contributed by atoms with E-state index in [-0.39, 0.29) is 11.5 Å². The summed E-state index contributed by atoms with van der Waals surface area (Å²) in [5.74, 6) is -1.27. The molecule has 1 fully saturated rings. The summed E-state index contributed by atoms with van der Waals surface area (Å²) < 4.78 is 33.1. The molecule has 9 nitrogen and oxygen atoms in total. The number of esters is 1. The van der Waals surface area contributed by atoms with Gasteiger partial charge in [0.2, 0.25) is 0 Å². The maximum Gasteiger partial charge on any atom is 0.326 e. The monoisotopic (exact) mass is 412 g/mol. The Labute approximate surface area is 163 Å². The highest BCUT2D eigenvalue weighted by Crippen LogP contribution is 2.12. The minimum absolute atomic E-state index is 0.0314. The second-order valence-electron chi connectivity index (χ2n) is 6.38. The van der Waals surface area contributed by atoms with Crippen LogP contribution in [0.5, 0.6) is 5.75 Å². The second-order valence-corrected chi connectivity index (χ2v) is 8.61. The van der Waals surface area contributed by atoms with Crippen molar-refractivity contribution < 1.29 is 32.3 Å². The topological polar surface area (TPSA) is 128 Å². The summed E-state index contributed by atoms with van der Waals surface area (Å²) in [5, 5.41) is 4.96. The van der Waals surface area contributed by atoms with E-state index in [1.165, 1.54) is 6.92 Å². The summed E-state index contributed by atoms with van der Waals surface area (Å²) in [5.41, 5.74) is 0.351. The smallest absolute Gasteiger partial charge is 0.326 e. The first-order valence-electron chi connectivity index (χ1n) is 8.91. The third-order valence-electron chi connectivity index (χ3n) is 4.08. The fraction of sp³-hybridized carbons (Fsp3) is 0.500. The predicted molar refractivity (Wildman–Crippen MR) is 101 cm³/mol. The standard InChI is InChI=1S/C18H24N2O7S/c1-3-26-15-6-4-13(5-7-15)18(23)19-10-16(21)27-12(2)17(22)20-14-8-9-28(24,25)11-14/h4-7,12,14H,3,8-11H2,1-2H3,(H,19,23)(H,20,22)/t12-,14-/m0/s1. The summed E-state index contributed by atoms with van der Waals surface area (Å²) in [6, 6.07) is 5.95. The van der Waals surface area contributed by atoms with Crippen LogP contribution in [0.15, 0.2) is 24.3 Å². The largest absolute Gasteiger partial charge is 0.494 e. The first-order chi connectivity index (χ1) is 13.2. The van der Waals surface area contributed by atoms with Crippen molar-refractivity contribution in [1.82, 2.24) is 10.6 Å². The third-order valence-corrected chi connectivity index (χ3v) is 5.85. The van der Waals surface area contributed by atoms with Gasteiger partial charge in [-0.05, 0) is 44.5 Å². The molecule has 154 valence electrons. The average Bonchev–Trinajstić information content (AvgIpc) is 2.99. The van der Waals surface area contributed by atoms with Crippen LogP contribution in [0.1, 0.15) is 30.6 Å². The van der Waals surface area contributed by atoms with Crippen molar-refractivity contribution in [3.05, 3.63) is 29.8 Å². The summed E-state index contributed by atoms with van der Waals surface area (Å²) in [7, 11) is -3.12. The Morgan fingerprint density at radius 1 is 1.21 bits per heavy atom. The van der Waals surface area contributed by atoms with Gasteiger partial charge in [-0.2, -0.15) is 0 Å². The molecule has 1 aliphatic rings. The zero-order valence-electron chi connectivity index (χ0n) is 15.8. The molecular formula is C18H24N2O7S. The lowest BCUT2D eigenvalue weighted by Crippen LogP contribution is -2.43. The Hall–Kier alpha value is -2.62. The number of benzene rings is 1. The highest BCUT2D eigenvalue weighted by atomic mass is 32.2. The zero-order valence-corrected chi connectivity index (χ0v) is 16.6. The van der Waals surface area contributed by atoms with Gasteiger partial charge in [-0.1, -0.05) is 0 Å². The number of amides is 2. The molecule has 1 heterocycles. The number of hydrogen-bond donors (Lipinski definition) is 2. The van der Waals surface area contributed by atoms with Crippen molar-refractivity contribution in [2.75, 3.05) is 24.7 Å². The average molecular weight is 412 g/mol. The summed E-state index contributed by atoms with van der Waals surface area (Å²) >= 11 is 0. The Morgan fingerprint density at radius 2 is 1.89 bits per heavy atom. The van der Waals surface area contributed by atoms with Gasteiger partial charge in [0.05, 0.1) is 18.1 Å². The van der Waals surface area contributed by atoms with Crippen LogP contribution in [0.2, 0.25) is 0 Å². The molecule has 1 aromatic carbocycles. The van der Waals surface area contributed by atoms with E-state index in [1.54, 1.807) is 24.3 Å². The Bertz CT molecular complexity index is 821. The fourth-order valence-electron chi connectivity index (χ4n) is 2.64. The molecule has 2 N–H and O–H groups in total. The summed E-state index contributed by atoms with van der Waals surface area (Å²) in [6.45, 7) is 3.34. The fourth-order valence-corrected chi connectivity index (χ4v) is 4.32. The van der Waals surface area contributed by atoms with Gasteiger partial charge in [0.25, 0.3) is 11.8 Å². The molecule has 0 unspecified atom stereocenters. The van der Waals surface area contributed by atoms with Crippen LogP contribution in [0.25, 0.3) is 0 Å². The molecule has 2 atom stereocenters. The van der Waals surface area contributed by atoms with Crippen LogP contribution in [-0.4, -0.2) is 63.0 Å². The van der Waals surface area contributed by atoms with Gasteiger partial charge >= 0.3 is 5.97 Å².